The van der Waals surface area contributed by atoms with Crippen molar-refractivity contribution in [2.45, 2.75) is 17.8 Å². The molecule has 0 spiro atoms. The highest BCUT2D eigenvalue weighted by atomic mass is 35.5. The molecule has 1 N–H and O–H groups in total. The first-order valence-electron chi connectivity index (χ1n) is 8.23. The lowest BCUT2D eigenvalue weighted by molar-refractivity contribution is 0.102. The average molecular weight is 471 g/mol. The normalized spacial score (nSPS) is 11.3. The van der Waals surface area contributed by atoms with Crippen LogP contribution in [0.5, 0.6) is 0 Å². The smallest absolute Gasteiger partial charge is 0.275 e. The second-order valence-corrected chi connectivity index (χ2v) is 9.29. The standard InChI is InChI=1S/C19H14Cl3N3O3S/c1-11-3-2-4-12(7-11)10-29(27,28)19-23-9-16(22)17(25-19)18(26)24-13-5-6-14(20)15(21)8-13/h2-9H,10H2,1H3,(H,24,26). The van der Waals surface area contributed by atoms with E-state index in [4.69, 9.17) is 34.8 Å². The first kappa shape index (κ1) is 21.5. The van der Waals surface area contributed by atoms with Gasteiger partial charge in [-0.3, -0.25) is 4.79 Å². The number of carbonyl (C=O) groups is 1. The van der Waals surface area contributed by atoms with Crippen molar-refractivity contribution in [1.29, 1.82) is 0 Å². The summed E-state index contributed by atoms with van der Waals surface area (Å²) in [4.78, 5) is 20.2. The molecule has 3 aromatic rings. The van der Waals surface area contributed by atoms with Crippen LogP contribution < -0.4 is 5.32 Å². The molecule has 0 radical (unpaired) electrons. The summed E-state index contributed by atoms with van der Waals surface area (Å²) in [5, 5.41) is 2.56. The number of amides is 1. The number of carbonyl (C=O) groups excluding carboxylic acids is 1. The van der Waals surface area contributed by atoms with Crippen LogP contribution in [0, 0.1) is 6.92 Å². The number of aryl methyl sites for hydroxylation is 1. The van der Waals surface area contributed by atoms with Crippen LogP contribution in [0.3, 0.4) is 0 Å². The van der Waals surface area contributed by atoms with Crippen LogP contribution in [0.2, 0.25) is 15.1 Å². The molecular weight excluding hydrogens is 457 g/mol. The first-order valence-corrected chi connectivity index (χ1v) is 11.0. The zero-order chi connectivity index (χ0) is 21.2. The number of nitrogens with zero attached hydrogens (tertiary/aromatic N) is 2. The zero-order valence-electron chi connectivity index (χ0n) is 15.0. The number of anilines is 1. The molecule has 0 atom stereocenters. The van der Waals surface area contributed by atoms with Crippen molar-refractivity contribution >= 4 is 56.2 Å². The highest BCUT2D eigenvalue weighted by Gasteiger charge is 2.23. The lowest BCUT2D eigenvalue weighted by Crippen LogP contribution is -2.18. The Labute approximate surface area is 182 Å². The largest absolute Gasteiger partial charge is 0.321 e. The maximum atomic E-state index is 12.7. The average Bonchev–Trinajstić information content (AvgIpc) is 2.64. The number of hydrogen-bond donors (Lipinski definition) is 1. The van der Waals surface area contributed by atoms with Gasteiger partial charge in [-0.15, -0.1) is 0 Å². The quantitative estimate of drug-likeness (QED) is 0.532. The lowest BCUT2D eigenvalue weighted by atomic mass is 10.2. The fourth-order valence-corrected chi connectivity index (χ4v) is 4.18. The zero-order valence-corrected chi connectivity index (χ0v) is 18.1. The van der Waals surface area contributed by atoms with E-state index >= 15 is 0 Å². The van der Waals surface area contributed by atoms with Crippen molar-refractivity contribution in [2.24, 2.45) is 0 Å². The van der Waals surface area contributed by atoms with Gasteiger partial charge in [0.15, 0.2) is 5.69 Å². The molecule has 6 nitrogen and oxygen atoms in total. The summed E-state index contributed by atoms with van der Waals surface area (Å²) >= 11 is 17.8. The Morgan fingerprint density at radius 1 is 1.03 bits per heavy atom. The number of halogens is 3. The van der Waals surface area contributed by atoms with E-state index in [1.807, 2.05) is 13.0 Å². The second kappa shape index (κ2) is 8.67. The lowest BCUT2D eigenvalue weighted by Gasteiger charge is -2.09. The number of rotatable bonds is 5. The molecule has 29 heavy (non-hydrogen) atoms. The molecule has 0 unspecified atom stereocenters. The number of hydrogen-bond acceptors (Lipinski definition) is 5. The molecule has 1 amide bonds. The molecule has 0 bridgehead atoms. The van der Waals surface area contributed by atoms with Gasteiger partial charge >= 0.3 is 0 Å². The fourth-order valence-electron chi connectivity index (χ4n) is 2.51. The summed E-state index contributed by atoms with van der Waals surface area (Å²) < 4.78 is 25.4. The van der Waals surface area contributed by atoms with Crippen LogP contribution >= 0.6 is 34.8 Å². The van der Waals surface area contributed by atoms with Crippen LogP contribution in [-0.2, 0) is 15.6 Å². The van der Waals surface area contributed by atoms with Crippen LogP contribution in [-0.4, -0.2) is 24.3 Å². The molecule has 10 heteroatoms. The fraction of sp³-hybridized carbons (Fsp3) is 0.105. The molecule has 0 saturated carbocycles. The van der Waals surface area contributed by atoms with Crippen molar-refractivity contribution in [2.75, 3.05) is 5.32 Å². The molecule has 0 saturated heterocycles. The van der Waals surface area contributed by atoms with Gasteiger partial charge in [-0.1, -0.05) is 64.6 Å². The summed E-state index contributed by atoms with van der Waals surface area (Å²) in [6.07, 6.45) is 1.08. The van der Waals surface area contributed by atoms with Crippen molar-refractivity contribution in [3.05, 3.63) is 80.6 Å². The summed E-state index contributed by atoms with van der Waals surface area (Å²) in [6.45, 7) is 1.86. The molecule has 150 valence electrons. The minimum Gasteiger partial charge on any atom is -0.321 e. The highest BCUT2D eigenvalue weighted by molar-refractivity contribution is 7.90. The molecular formula is C19H14Cl3N3O3S. The summed E-state index contributed by atoms with van der Waals surface area (Å²) in [6, 6.07) is 11.6. The van der Waals surface area contributed by atoms with E-state index in [1.54, 1.807) is 18.2 Å². The van der Waals surface area contributed by atoms with Crippen molar-refractivity contribution < 1.29 is 13.2 Å². The maximum absolute atomic E-state index is 12.7. The van der Waals surface area contributed by atoms with E-state index in [-0.39, 0.29) is 21.5 Å². The molecule has 2 aromatic carbocycles. The summed E-state index contributed by atoms with van der Waals surface area (Å²) in [5.74, 6) is -1.01. The molecule has 0 fully saturated rings. The van der Waals surface area contributed by atoms with Gasteiger partial charge < -0.3 is 5.32 Å². The van der Waals surface area contributed by atoms with Crippen molar-refractivity contribution in [3.63, 3.8) is 0 Å². The third kappa shape index (κ3) is 5.25. The van der Waals surface area contributed by atoms with E-state index in [2.05, 4.69) is 15.3 Å². The van der Waals surface area contributed by atoms with Gasteiger partial charge in [0, 0.05) is 5.69 Å². The molecule has 0 aliphatic carbocycles. The Morgan fingerprint density at radius 2 is 1.79 bits per heavy atom. The Kier molecular flexibility index (Phi) is 6.43. The van der Waals surface area contributed by atoms with E-state index < -0.39 is 20.9 Å². The number of nitrogens with one attached hydrogen (secondary N) is 1. The number of benzene rings is 2. The Bertz CT molecular complexity index is 1200. The van der Waals surface area contributed by atoms with Crippen LogP contribution in [0.25, 0.3) is 0 Å². The molecule has 1 heterocycles. The maximum Gasteiger partial charge on any atom is 0.275 e. The summed E-state index contributed by atoms with van der Waals surface area (Å²) in [5.41, 5.74) is 1.60. The Morgan fingerprint density at radius 3 is 2.48 bits per heavy atom. The minimum atomic E-state index is -3.89. The second-order valence-electron chi connectivity index (χ2n) is 6.18. The van der Waals surface area contributed by atoms with Crippen molar-refractivity contribution in [1.82, 2.24) is 9.97 Å². The highest BCUT2D eigenvalue weighted by Crippen LogP contribution is 2.26. The predicted octanol–water partition coefficient (Wildman–Crippen LogP) is 4.97. The van der Waals surface area contributed by atoms with Crippen LogP contribution in [0.1, 0.15) is 21.6 Å². The van der Waals surface area contributed by atoms with Gasteiger partial charge in [-0.05, 0) is 30.7 Å². The van der Waals surface area contributed by atoms with Gasteiger partial charge in [-0.2, -0.15) is 0 Å². The van der Waals surface area contributed by atoms with E-state index in [0.717, 1.165) is 11.8 Å². The van der Waals surface area contributed by atoms with E-state index in [9.17, 15) is 13.2 Å². The Hall–Kier alpha value is -2.19. The molecule has 0 aliphatic rings. The van der Waals surface area contributed by atoms with Crippen LogP contribution in [0.15, 0.2) is 53.8 Å². The van der Waals surface area contributed by atoms with E-state index in [1.165, 1.54) is 18.2 Å². The predicted molar refractivity (Wildman–Crippen MR) is 114 cm³/mol. The van der Waals surface area contributed by atoms with Gasteiger partial charge in [0.2, 0.25) is 15.0 Å². The molecule has 1 aromatic heterocycles. The SMILES string of the molecule is Cc1cccc(CS(=O)(=O)c2ncc(Cl)c(C(=O)Nc3ccc(Cl)c(Cl)c3)n2)c1. The van der Waals surface area contributed by atoms with E-state index in [0.29, 0.717) is 16.3 Å². The van der Waals surface area contributed by atoms with Gasteiger partial charge in [-0.25, -0.2) is 18.4 Å². The minimum absolute atomic E-state index is 0.0860. The molecule has 3 rings (SSSR count). The monoisotopic (exact) mass is 469 g/mol. The summed E-state index contributed by atoms with van der Waals surface area (Å²) in [7, 11) is -3.89. The van der Waals surface area contributed by atoms with Crippen molar-refractivity contribution in [3.8, 4) is 0 Å². The first-order chi connectivity index (χ1) is 13.7. The number of sulfone groups is 1. The van der Waals surface area contributed by atoms with Crippen LogP contribution in [0.4, 0.5) is 5.69 Å². The van der Waals surface area contributed by atoms with Gasteiger partial charge in [0.05, 0.1) is 27.0 Å². The molecule has 0 aliphatic heterocycles. The number of aromatic nitrogens is 2. The topological polar surface area (TPSA) is 89.0 Å². The van der Waals surface area contributed by atoms with Gasteiger partial charge in [0.25, 0.3) is 5.91 Å². The third-order valence-corrected chi connectivity index (χ3v) is 6.31. The Balaban J connectivity index is 1.88. The van der Waals surface area contributed by atoms with Gasteiger partial charge in [0.1, 0.15) is 0 Å². The third-order valence-electron chi connectivity index (χ3n) is 3.83.